The molecule has 18 heavy (non-hydrogen) atoms. The first-order chi connectivity index (χ1) is 8.63. The average molecular weight is 247 g/mol. The number of carbonyl (C=O) groups excluding carboxylic acids is 1. The van der Waals surface area contributed by atoms with E-state index in [4.69, 9.17) is 5.73 Å². The third-order valence-corrected chi connectivity index (χ3v) is 3.60. The zero-order valence-corrected chi connectivity index (χ0v) is 11.1. The van der Waals surface area contributed by atoms with Gasteiger partial charge in [-0.25, -0.2) is 0 Å². The normalized spacial score (nSPS) is 20.5. The number of nitrogens with two attached hydrogens (primary N) is 1. The molecule has 1 fully saturated rings. The largest absolute Gasteiger partial charge is 0.358 e. The maximum atomic E-state index is 11.9. The van der Waals surface area contributed by atoms with E-state index in [1.54, 1.807) is 0 Å². The van der Waals surface area contributed by atoms with E-state index in [0.29, 0.717) is 6.54 Å². The lowest BCUT2D eigenvalue weighted by Crippen LogP contribution is -2.49. The zero-order valence-electron chi connectivity index (χ0n) is 11.1. The highest BCUT2D eigenvalue weighted by Gasteiger charge is 2.26. The van der Waals surface area contributed by atoms with Crippen molar-refractivity contribution in [3.05, 3.63) is 29.3 Å². The number of hydrogen-bond acceptors (Lipinski definition) is 3. The maximum absolute atomic E-state index is 11.9. The Morgan fingerprint density at radius 1 is 1.39 bits per heavy atom. The molecule has 0 spiro atoms. The van der Waals surface area contributed by atoms with Crippen LogP contribution in [0.15, 0.2) is 18.2 Å². The molecule has 1 aromatic rings. The number of nitrogens with one attached hydrogen (secondary N) is 1. The second kappa shape index (κ2) is 5.40. The minimum absolute atomic E-state index is 0.0354. The van der Waals surface area contributed by atoms with Gasteiger partial charge in [-0.1, -0.05) is 6.07 Å². The van der Waals surface area contributed by atoms with Crippen LogP contribution in [0.4, 0.5) is 5.69 Å². The first-order valence-electron chi connectivity index (χ1n) is 6.45. The van der Waals surface area contributed by atoms with Crippen LogP contribution in [-0.4, -0.2) is 31.6 Å². The van der Waals surface area contributed by atoms with Crippen molar-refractivity contribution in [1.29, 1.82) is 0 Å². The highest BCUT2D eigenvalue weighted by molar-refractivity contribution is 5.86. The topological polar surface area (TPSA) is 58.4 Å². The lowest BCUT2D eigenvalue weighted by Gasteiger charge is -2.30. The molecule has 1 aliphatic heterocycles. The van der Waals surface area contributed by atoms with Crippen LogP contribution in [0.5, 0.6) is 0 Å². The second-order valence-corrected chi connectivity index (χ2v) is 4.86. The molecule has 98 valence electrons. The molecule has 0 aromatic heterocycles. The van der Waals surface area contributed by atoms with Crippen molar-refractivity contribution in [2.75, 3.05) is 24.5 Å². The van der Waals surface area contributed by atoms with E-state index in [1.165, 1.54) is 11.1 Å². The third kappa shape index (κ3) is 2.48. The van der Waals surface area contributed by atoms with Gasteiger partial charge >= 0.3 is 0 Å². The number of amides is 1. The van der Waals surface area contributed by atoms with E-state index < -0.39 is 0 Å². The third-order valence-electron chi connectivity index (χ3n) is 3.60. The fraction of sp³-hybridized carbons (Fsp3) is 0.500. The number of benzene rings is 1. The van der Waals surface area contributed by atoms with Gasteiger partial charge in [0.15, 0.2) is 0 Å². The molecule has 0 saturated carbocycles. The molecule has 1 aliphatic rings. The second-order valence-electron chi connectivity index (χ2n) is 4.86. The van der Waals surface area contributed by atoms with Gasteiger partial charge in [-0.05, 0) is 43.5 Å². The summed E-state index contributed by atoms with van der Waals surface area (Å²) in [4.78, 5) is 14.1. The van der Waals surface area contributed by atoms with Gasteiger partial charge in [-0.15, -0.1) is 0 Å². The van der Waals surface area contributed by atoms with E-state index >= 15 is 0 Å². The quantitative estimate of drug-likeness (QED) is 0.818. The Hall–Kier alpha value is -1.55. The van der Waals surface area contributed by atoms with Crippen LogP contribution < -0.4 is 16.0 Å². The van der Waals surface area contributed by atoms with Crippen molar-refractivity contribution in [3.63, 3.8) is 0 Å². The van der Waals surface area contributed by atoms with E-state index in [-0.39, 0.29) is 11.9 Å². The van der Waals surface area contributed by atoms with Crippen molar-refractivity contribution in [2.45, 2.75) is 26.3 Å². The fourth-order valence-corrected chi connectivity index (χ4v) is 2.32. The summed E-state index contributed by atoms with van der Waals surface area (Å²) in [6.45, 7) is 6.13. The summed E-state index contributed by atoms with van der Waals surface area (Å²) < 4.78 is 0. The van der Waals surface area contributed by atoms with Gasteiger partial charge < -0.3 is 16.0 Å². The Labute approximate surface area is 108 Å². The fourth-order valence-electron chi connectivity index (χ4n) is 2.32. The summed E-state index contributed by atoms with van der Waals surface area (Å²) in [5.41, 5.74) is 9.35. The predicted octanol–water partition coefficient (Wildman–Crippen LogP) is 0.957. The van der Waals surface area contributed by atoms with Crippen LogP contribution >= 0.6 is 0 Å². The van der Waals surface area contributed by atoms with E-state index in [2.05, 4.69) is 42.3 Å². The van der Waals surface area contributed by atoms with Gasteiger partial charge in [0.25, 0.3) is 0 Å². The molecule has 2 rings (SSSR count). The number of hydrogen-bond donors (Lipinski definition) is 2. The predicted molar refractivity (Wildman–Crippen MR) is 73.7 cm³/mol. The standard InChI is InChI=1S/C14H21N3O/c1-10-4-5-12(8-11(10)2)17-7-3-6-16-14(18)13(17)9-15/h4-5,8,13H,3,6-7,9,15H2,1-2H3,(H,16,18). The van der Waals surface area contributed by atoms with Crippen LogP contribution in [0.2, 0.25) is 0 Å². The molecule has 4 nitrogen and oxygen atoms in total. The Bertz CT molecular complexity index is 445. The Balaban J connectivity index is 2.32. The van der Waals surface area contributed by atoms with Gasteiger partial charge in [0.05, 0.1) is 0 Å². The molecule has 1 atom stereocenters. The van der Waals surface area contributed by atoms with Gasteiger partial charge in [0, 0.05) is 25.3 Å². The molecule has 0 aliphatic carbocycles. The number of nitrogens with zero attached hydrogens (tertiary/aromatic N) is 1. The van der Waals surface area contributed by atoms with E-state index in [9.17, 15) is 4.79 Å². The van der Waals surface area contributed by atoms with E-state index in [1.807, 2.05) is 0 Å². The molecule has 4 heteroatoms. The van der Waals surface area contributed by atoms with Gasteiger partial charge in [0.2, 0.25) is 5.91 Å². The zero-order chi connectivity index (χ0) is 13.1. The highest BCUT2D eigenvalue weighted by Crippen LogP contribution is 2.22. The average Bonchev–Trinajstić information content (AvgIpc) is 2.54. The highest BCUT2D eigenvalue weighted by atomic mass is 16.2. The van der Waals surface area contributed by atoms with Crippen molar-refractivity contribution in [1.82, 2.24) is 5.32 Å². The van der Waals surface area contributed by atoms with Crippen LogP contribution in [0.3, 0.4) is 0 Å². The lowest BCUT2D eigenvalue weighted by atomic mass is 10.1. The summed E-state index contributed by atoms with van der Waals surface area (Å²) >= 11 is 0. The summed E-state index contributed by atoms with van der Waals surface area (Å²) in [7, 11) is 0. The minimum Gasteiger partial charge on any atom is -0.358 e. The van der Waals surface area contributed by atoms with Crippen molar-refractivity contribution in [2.24, 2.45) is 5.73 Å². The van der Waals surface area contributed by atoms with Gasteiger partial charge in [0.1, 0.15) is 6.04 Å². The molecule has 3 N–H and O–H groups in total. The van der Waals surface area contributed by atoms with E-state index in [0.717, 1.165) is 25.2 Å². The van der Waals surface area contributed by atoms with Gasteiger partial charge in [-0.2, -0.15) is 0 Å². The monoisotopic (exact) mass is 247 g/mol. The Morgan fingerprint density at radius 2 is 2.17 bits per heavy atom. The van der Waals surface area contributed by atoms with Crippen LogP contribution in [0.25, 0.3) is 0 Å². The molecule has 1 amide bonds. The van der Waals surface area contributed by atoms with Crippen LogP contribution in [0, 0.1) is 13.8 Å². The molecule has 1 heterocycles. The first-order valence-corrected chi connectivity index (χ1v) is 6.45. The number of anilines is 1. The Morgan fingerprint density at radius 3 is 2.83 bits per heavy atom. The maximum Gasteiger partial charge on any atom is 0.244 e. The number of aryl methyl sites for hydroxylation is 2. The smallest absolute Gasteiger partial charge is 0.244 e. The molecular formula is C14H21N3O. The summed E-state index contributed by atoms with van der Waals surface area (Å²) in [6.07, 6.45) is 0.954. The molecule has 1 saturated heterocycles. The molecule has 1 aromatic carbocycles. The molecule has 0 bridgehead atoms. The molecular weight excluding hydrogens is 226 g/mol. The first kappa shape index (κ1) is 12.9. The van der Waals surface area contributed by atoms with Crippen molar-refractivity contribution in [3.8, 4) is 0 Å². The minimum atomic E-state index is -0.255. The lowest BCUT2D eigenvalue weighted by molar-refractivity contribution is -0.121. The summed E-state index contributed by atoms with van der Waals surface area (Å²) in [5.74, 6) is 0.0354. The molecule has 1 unspecified atom stereocenters. The van der Waals surface area contributed by atoms with Crippen LogP contribution in [0.1, 0.15) is 17.5 Å². The number of carbonyl (C=O) groups is 1. The van der Waals surface area contributed by atoms with Gasteiger partial charge in [-0.3, -0.25) is 4.79 Å². The number of rotatable bonds is 2. The SMILES string of the molecule is Cc1ccc(N2CCCNC(=O)C2CN)cc1C. The Kier molecular flexibility index (Phi) is 3.87. The van der Waals surface area contributed by atoms with Crippen molar-refractivity contribution >= 4 is 11.6 Å². The van der Waals surface area contributed by atoms with Crippen LogP contribution in [-0.2, 0) is 4.79 Å². The molecule has 0 radical (unpaired) electrons. The summed E-state index contributed by atoms with van der Waals surface area (Å²) in [6, 6.07) is 6.05. The summed E-state index contributed by atoms with van der Waals surface area (Å²) in [5, 5.41) is 2.91. The van der Waals surface area contributed by atoms with Crippen molar-refractivity contribution < 1.29 is 4.79 Å².